The van der Waals surface area contributed by atoms with Crippen molar-refractivity contribution in [2.75, 3.05) is 37.8 Å². The Morgan fingerprint density at radius 1 is 1.04 bits per heavy atom. The maximum atomic E-state index is 13.4. The summed E-state index contributed by atoms with van der Waals surface area (Å²) in [5.74, 6) is -1.83. The van der Waals surface area contributed by atoms with E-state index in [0.717, 1.165) is 17.0 Å². The summed E-state index contributed by atoms with van der Waals surface area (Å²) in [5, 5.41) is 15.5. The Labute approximate surface area is 275 Å². The zero-order valence-electron chi connectivity index (χ0n) is 25.2. The lowest BCUT2D eigenvalue weighted by Gasteiger charge is -2.23. The molecular weight excluding hydrogens is 648 g/mol. The summed E-state index contributed by atoms with van der Waals surface area (Å²) < 4.78 is 47.5. The van der Waals surface area contributed by atoms with Gasteiger partial charge in [0.1, 0.15) is 18.1 Å². The quantitative estimate of drug-likeness (QED) is 0.105. The third-order valence-electron chi connectivity index (χ3n) is 7.48. The van der Waals surface area contributed by atoms with Crippen molar-refractivity contribution >= 4 is 45.0 Å². The maximum absolute atomic E-state index is 13.4. The van der Waals surface area contributed by atoms with E-state index in [1.807, 2.05) is 47.0 Å². The van der Waals surface area contributed by atoms with Gasteiger partial charge in [0.25, 0.3) is 21.6 Å². The molecule has 0 bridgehead atoms. The summed E-state index contributed by atoms with van der Waals surface area (Å²) in [6.07, 6.45) is 0.567. The molecule has 0 unspecified atom stereocenters. The van der Waals surface area contributed by atoms with E-state index in [1.54, 1.807) is 24.3 Å². The van der Waals surface area contributed by atoms with Crippen LogP contribution in [0.5, 0.6) is 0 Å². The number of sulfonamides is 1. The third kappa shape index (κ3) is 8.52. The zero-order chi connectivity index (χ0) is 33.6. The number of cyclic esters (lactones) is 1. The number of fused-ring (bicyclic) bond motifs is 1. The number of ether oxygens (including phenoxy) is 1. The second kappa shape index (κ2) is 14.8. The van der Waals surface area contributed by atoms with Gasteiger partial charge in [-0.1, -0.05) is 42.5 Å². The molecule has 0 spiro atoms. The van der Waals surface area contributed by atoms with Crippen LogP contribution in [-0.2, 0) is 14.8 Å². The highest BCUT2D eigenvalue weighted by atomic mass is 32.2. The molecule has 0 radical (unpaired) electrons. The average molecular weight is 679 g/mol. The number of rotatable bonds is 8. The summed E-state index contributed by atoms with van der Waals surface area (Å²) in [6, 6.07) is 22.7. The molecular formula is C33H31FN4O7S2. The van der Waals surface area contributed by atoms with Crippen LogP contribution in [0.1, 0.15) is 27.1 Å². The Morgan fingerprint density at radius 3 is 2.36 bits per heavy atom. The molecule has 2 N–H and O–H groups in total. The van der Waals surface area contributed by atoms with E-state index in [4.69, 9.17) is 4.74 Å². The number of nitro benzene ring substituents is 1. The van der Waals surface area contributed by atoms with Crippen molar-refractivity contribution in [3.05, 3.63) is 118 Å². The van der Waals surface area contributed by atoms with Gasteiger partial charge in [-0.15, -0.1) is 11.8 Å². The monoisotopic (exact) mass is 678 g/mol. The normalized spacial score (nSPS) is 15.8. The van der Waals surface area contributed by atoms with Crippen LogP contribution >= 0.6 is 11.8 Å². The smallest absolute Gasteiger partial charge is 0.340 e. The standard InChI is InChI=1S/C33H31FN4O7S2/c1-37-16-15-26(21-46-27-5-3-2-4-6-27)35-31-29(33(40)45-18-17-37)19-28(20-30(31)38(41)42)47(43,44)36-32(39)24-9-7-22(8-10-24)23-11-13-25(34)14-12-23/h2-14,19-20,26,35H,15-18,21H2,1H3,(H,36,39)/t26-/m1/s1. The predicted octanol–water partition coefficient (Wildman–Crippen LogP) is 5.58. The number of halogens is 1. The number of likely N-dealkylation sites (N-methyl/N-ethyl adjacent to an activating group) is 1. The first-order valence-electron chi connectivity index (χ1n) is 14.6. The van der Waals surface area contributed by atoms with Gasteiger partial charge >= 0.3 is 5.97 Å². The van der Waals surface area contributed by atoms with Crippen LogP contribution in [0.4, 0.5) is 15.8 Å². The Kier molecular flexibility index (Phi) is 10.5. The molecule has 0 aromatic heterocycles. The van der Waals surface area contributed by atoms with Crippen molar-refractivity contribution in [1.29, 1.82) is 0 Å². The molecule has 0 saturated heterocycles. The molecule has 5 rings (SSSR count). The van der Waals surface area contributed by atoms with Crippen LogP contribution in [0.2, 0.25) is 0 Å². The highest BCUT2D eigenvalue weighted by molar-refractivity contribution is 7.99. The highest BCUT2D eigenvalue weighted by Gasteiger charge is 2.31. The lowest BCUT2D eigenvalue weighted by atomic mass is 10.0. The first kappa shape index (κ1) is 33.6. The van der Waals surface area contributed by atoms with Crippen molar-refractivity contribution in [1.82, 2.24) is 9.62 Å². The van der Waals surface area contributed by atoms with Crippen LogP contribution in [0.25, 0.3) is 11.1 Å². The van der Waals surface area contributed by atoms with Crippen molar-refractivity contribution < 1.29 is 32.1 Å². The number of nitro groups is 1. The molecule has 4 aromatic carbocycles. The molecule has 1 aliphatic heterocycles. The summed E-state index contributed by atoms with van der Waals surface area (Å²) in [7, 11) is -2.83. The fraction of sp³-hybridized carbons (Fsp3) is 0.212. The molecule has 0 aliphatic carbocycles. The SMILES string of the molecule is CN1CCOC(=O)c2cc(S(=O)(=O)NC(=O)c3ccc(-c4ccc(F)cc4)cc3)cc([N+](=O)[O-])c2N[C@@H](CSc2ccccc2)CC1. The Balaban J connectivity index is 1.44. The van der Waals surface area contributed by atoms with E-state index in [0.29, 0.717) is 36.4 Å². The number of hydrogen-bond acceptors (Lipinski definition) is 10. The number of thioether (sulfide) groups is 1. The number of hydrogen-bond donors (Lipinski definition) is 2. The maximum Gasteiger partial charge on any atom is 0.340 e. The molecule has 47 heavy (non-hydrogen) atoms. The summed E-state index contributed by atoms with van der Waals surface area (Å²) in [6.45, 7) is 0.987. The number of anilines is 1. The second-order valence-electron chi connectivity index (χ2n) is 10.8. The Morgan fingerprint density at radius 2 is 1.70 bits per heavy atom. The lowest BCUT2D eigenvalue weighted by molar-refractivity contribution is -0.384. The summed E-state index contributed by atoms with van der Waals surface area (Å²) >= 11 is 1.54. The van der Waals surface area contributed by atoms with E-state index >= 15 is 0 Å². The van der Waals surface area contributed by atoms with E-state index in [9.17, 15) is 32.5 Å². The minimum atomic E-state index is -4.69. The first-order valence-corrected chi connectivity index (χ1v) is 17.0. The summed E-state index contributed by atoms with van der Waals surface area (Å²) in [4.78, 5) is 40.1. The van der Waals surface area contributed by atoms with E-state index < -0.39 is 43.2 Å². The van der Waals surface area contributed by atoms with Gasteiger partial charge in [0.2, 0.25) is 0 Å². The molecule has 1 atom stereocenters. The Hall–Kier alpha value is -4.79. The number of amides is 1. The summed E-state index contributed by atoms with van der Waals surface area (Å²) in [5.41, 5.74) is 0.197. The van der Waals surface area contributed by atoms with Crippen LogP contribution in [-0.4, -0.2) is 68.7 Å². The van der Waals surface area contributed by atoms with Crippen molar-refractivity contribution in [2.45, 2.75) is 22.3 Å². The molecule has 0 saturated carbocycles. The topological polar surface area (TPSA) is 148 Å². The molecule has 11 nitrogen and oxygen atoms in total. The van der Waals surface area contributed by atoms with Crippen LogP contribution in [0, 0.1) is 15.9 Å². The molecule has 1 heterocycles. The van der Waals surface area contributed by atoms with Crippen molar-refractivity contribution in [3.63, 3.8) is 0 Å². The van der Waals surface area contributed by atoms with Gasteiger partial charge in [-0.2, -0.15) is 0 Å². The number of carbonyl (C=O) groups is 2. The third-order valence-corrected chi connectivity index (χ3v) is 9.96. The number of esters is 1. The van der Waals surface area contributed by atoms with Crippen molar-refractivity contribution in [2.24, 2.45) is 0 Å². The van der Waals surface area contributed by atoms with Gasteiger partial charge in [0.05, 0.1) is 15.4 Å². The first-order chi connectivity index (χ1) is 22.5. The molecule has 1 amide bonds. The highest BCUT2D eigenvalue weighted by Crippen LogP contribution is 2.35. The van der Waals surface area contributed by atoms with Crippen LogP contribution < -0.4 is 10.0 Å². The fourth-order valence-electron chi connectivity index (χ4n) is 4.88. The van der Waals surface area contributed by atoms with Crippen LogP contribution in [0.3, 0.4) is 0 Å². The van der Waals surface area contributed by atoms with Gasteiger partial charge in [0, 0.05) is 34.9 Å². The predicted molar refractivity (Wildman–Crippen MR) is 177 cm³/mol. The van der Waals surface area contributed by atoms with Gasteiger partial charge in [-0.25, -0.2) is 22.3 Å². The van der Waals surface area contributed by atoms with Crippen LogP contribution in [0.15, 0.2) is 101 Å². The van der Waals surface area contributed by atoms with Gasteiger partial charge < -0.3 is 15.0 Å². The van der Waals surface area contributed by atoms with Crippen molar-refractivity contribution in [3.8, 4) is 11.1 Å². The van der Waals surface area contributed by atoms with E-state index in [2.05, 4.69) is 5.32 Å². The largest absolute Gasteiger partial charge is 0.461 e. The lowest BCUT2D eigenvalue weighted by Crippen LogP contribution is -2.31. The second-order valence-corrected chi connectivity index (χ2v) is 13.6. The Bertz CT molecular complexity index is 1870. The molecule has 244 valence electrons. The minimum Gasteiger partial charge on any atom is -0.461 e. The van der Waals surface area contributed by atoms with E-state index in [-0.39, 0.29) is 29.5 Å². The fourth-order valence-corrected chi connectivity index (χ4v) is 6.90. The zero-order valence-corrected chi connectivity index (χ0v) is 26.9. The molecule has 14 heteroatoms. The van der Waals surface area contributed by atoms with Gasteiger partial charge in [-0.3, -0.25) is 14.9 Å². The number of nitrogens with zero attached hydrogens (tertiary/aromatic N) is 2. The average Bonchev–Trinajstić information content (AvgIpc) is 3.08. The number of benzene rings is 4. The minimum absolute atomic E-state index is 0.00637. The molecule has 0 fully saturated rings. The van der Waals surface area contributed by atoms with Gasteiger partial charge in [-0.05, 0) is 73.6 Å². The number of carbonyl (C=O) groups excluding carboxylic acids is 2. The molecule has 4 aromatic rings. The van der Waals surface area contributed by atoms with E-state index in [1.165, 1.54) is 36.0 Å². The number of nitrogens with one attached hydrogen (secondary N) is 2. The van der Waals surface area contributed by atoms with Gasteiger partial charge in [0.15, 0.2) is 0 Å². The molecule has 1 aliphatic rings.